The molecule has 1 atom stereocenters. The van der Waals surface area contributed by atoms with Gasteiger partial charge >= 0.3 is 6.18 Å². The lowest BCUT2D eigenvalue weighted by molar-refractivity contribution is -0.136. The lowest BCUT2D eigenvalue weighted by Gasteiger charge is -2.22. The van der Waals surface area contributed by atoms with E-state index in [-0.39, 0.29) is 12.5 Å². The lowest BCUT2D eigenvalue weighted by atomic mass is 10.0. The molecule has 0 bridgehead atoms. The normalized spacial score (nSPS) is 13.3. The fourth-order valence-corrected chi connectivity index (χ4v) is 2.03. The smallest absolute Gasteiger partial charge is 0.378 e. The summed E-state index contributed by atoms with van der Waals surface area (Å²) >= 11 is 0. The molecule has 1 rings (SSSR count). The first-order chi connectivity index (χ1) is 9.33. The van der Waals surface area contributed by atoms with Crippen LogP contribution in [0.15, 0.2) is 24.3 Å². The van der Waals surface area contributed by atoms with Gasteiger partial charge in [0.1, 0.15) is 0 Å². The lowest BCUT2D eigenvalue weighted by Crippen LogP contribution is -2.24. The van der Waals surface area contributed by atoms with Crippen LogP contribution < -0.4 is 10.2 Å². The second-order valence-electron chi connectivity index (χ2n) is 5.15. The van der Waals surface area contributed by atoms with E-state index in [0.29, 0.717) is 6.54 Å². The number of hydrogen-bond acceptors (Lipinski definition) is 2. The minimum atomic E-state index is -4.11. The topological polar surface area (TPSA) is 15.3 Å². The van der Waals surface area contributed by atoms with Gasteiger partial charge in [-0.2, -0.15) is 13.2 Å². The second-order valence-corrected chi connectivity index (χ2v) is 5.15. The molecule has 2 nitrogen and oxygen atoms in total. The third-order valence-corrected chi connectivity index (χ3v) is 3.15. The zero-order valence-corrected chi connectivity index (χ0v) is 12.3. The molecule has 1 N–H and O–H groups in total. The van der Waals surface area contributed by atoms with Crippen LogP contribution in [0.5, 0.6) is 0 Å². The number of alkyl halides is 3. The Morgan fingerprint density at radius 3 is 2.50 bits per heavy atom. The third-order valence-electron chi connectivity index (χ3n) is 3.15. The molecule has 0 saturated carbocycles. The van der Waals surface area contributed by atoms with E-state index >= 15 is 0 Å². The zero-order chi connectivity index (χ0) is 15.2. The minimum Gasteiger partial charge on any atom is -0.378 e. The highest BCUT2D eigenvalue weighted by atomic mass is 19.4. The van der Waals surface area contributed by atoms with E-state index < -0.39 is 12.6 Å². The SMILES string of the molecule is CCCNC(CCC(F)(F)F)c1cccc(N(C)C)c1. The summed E-state index contributed by atoms with van der Waals surface area (Å²) in [6, 6.07) is 7.42. The summed E-state index contributed by atoms with van der Waals surface area (Å²) in [7, 11) is 3.84. The molecule has 0 heterocycles. The standard InChI is InChI=1S/C15H23F3N2/c1-4-10-19-14(8-9-15(16,17)18)12-6-5-7-13(11-12)20(2)3/h5-7,11,14,19H,4,8-10H2,1-3H3. The Balaban J connectivity index is 2.83. The van der Waals surface area contributed by atoms with Crippen molar-refractivity contribution < 1.29 is 13.2 Å². The van der Waals surface area contributed by atoms with Crippen LogP contribution in [-0.4, -0.2) is 26.8 Å². The predicted molar refractivity (Wildman–Crippen MR) is 77.1 cm³/mol. The molecule has 20 heavy (non-hydrogen) atoms. The van der Waals surface area contributed by atoms with Crippen LogP contribution in [0.25, 0.3) is 0 Å². The van der Waals surface area contributed by atoms with Crippen molar-refractivity contribution in [1.29, 1.82) is 0 Å². The number of benzene rings is 1. The molecule has 1 unspecified atom stereocenters. The molecule has 0 saturated heterocycles. The van der Waals surface area contributed by atoms with Gasteiger partial charge in [-0.1, -0.05) is 19.1 Å². The summed E-state index contributed by atoms with van der Waals surface area (Å²) in [4.78, 5) is 1.95. The maximum Gasteiger partial charge on any atom is 0.389 e. The van der Waals surface area contributed by atoms with E-state index in [1.807, 2.05) is 50.2 Å². The van der Waals surface area contributed by atoms with Gasteiger partial charge in [0.2, 0.25) is 0 Å². The van der Waals surface area contributed by atoms with Gasteiger partial charge in [-0.05, 0) is 37.1 Å². The summed E-state index contributed by atoms with van der Waals surface area (Å²) in [5.74, 6) is 0. The number of hydrogen-bond donors (Lipinski definition) is 1. The van der Waals surface area contributed by atoms with Gasteiger partial charge in [0.25, 0.3) is 0 Å². The fourth-order valence-electron chi connectivity index (χ4n) is 2.03. The van der Waals surface area contributed by atoms with Gasteiger partial charge in [-0.15, -0.1) is 0 Å². The molecule has 0 amide bonds. The van der Waals surface area contributed by atoms with Crippen molar-refractivity contribution in [3.8, 4) is 0 Å². The van der Waals surface area contributed by atoms with Gasteiger partial charge in [-0.3, -0.25) is 0 Å². The Labute approximate surface area is 119 Å². The Morgan fingerprint density at radius 2 is 1.95 bits per heavy atom. The molecule has 0 aliphatic heterocycles. The van der Waals surface area contributed by atoms with Crippen LogP contribution in [0.1, 0.15) is 37.8 Å². The zero-order valence-electron chi connectivity index (χ0n) is 12.3. The van der Waals surface area contributed by atoms with Gasteiger partial charge in [-0.25, -0.2) is 0 Å². The molecule has 0 fully saturated rings. The van der Waals surface area contributed by atoms with E-state index in [1.54, 1.807) is 0 Å². The number of rotatable bonds is 7. The van der Waals surface area contributed by atoms with Crippen LogP contribution in [-0.2, 0) is 0 Å². The van der Waals surface area contributed by atoms with Crippen LogP contribution in [0, 0.1) is 0 Å². The quantitative estimate of drug-likeness (QED) is 0.811. The van der Waals surface area contributed by atoms with Crippen molar-refractivity contribution in [2.75, 3.05) is 25.5 Å². The largest absolute Gasteiger partial charge is 0.389 e. The summed E-state index contributed by atoms with van der Waals surface area (Å²) in [6.07, 6.45) is -3.90. The summed E-state index contributed by atoms with van der Waals surface area (Å²) in [5.41, 5.74) is 1.91. The Bertz CT molecular complexity index is 402. The van der Waals surface area contributed by atoms with Crippen molar-refractivity contribution in [3.05, 3.63) is 29.8 Å². The molecule has 5 heteroatoms. The monoisotopic (exact) mass is 288 g/mol. The minimum absolute atomic E-state index is 0.0698. The van der Waals surface area contributed by atoms with Gasteiger partial charge in [0.15, 0.2) is 0 Å². The molecular weight excluding hydrogens is 265 g/mol. The van der Waals surface area contributed by atoms with E-state index in [4.69, 9.17) is 0 Å². The number of nitrogens with one attached hydrogen (secondary N) is 1. The maximum atomic E-state index is 12.4. The van der Waals surface area contributed by atoms with Gasteiger partial charge in [0.05, 0.1) is 0 Å². The van der Waals surface area contributed by atoms with E-state index in [1.165, 1.54) is 0 Å². The fraction of sp³-hybridized carbons (Fsp3) is 0.600. The van der Waals surface area contributed by atoms with Crippen LogP contribution in [0.3, 0.4) is 0 Å². The Hall–Kier alpha value is -1.23. The van der Waals surface area contributed by atoms with Crippen LogP contribution in [0.4, 0.5) is 18.9 Å². The van der Waals surface area contributed by atoms with Gasteiger partial charge in [0, 0.05) is 32.2 Å². The Kier molecular flexibility index (Phi) is 6.33. The second kappa shape index (κ2) is 7.53. The summed E-state index contributed by atoms with van der Waals surface area (Å²) in [5, 5.41) is 3.21. The molecule has 0 aromatic heterocycles. The van der Waals surface area contributed by atoms with E-state index in [2.05, 4.69) is 5.32 Å². The van der Waals surface area contributed by atoms with Crippen molar-refractivity contribution in [1.82, 2.24) is 5.32 Å². The molecule has 0 aliphatic carbocycles. The highest BCUT2D eigenvalue weighted by Gasteiger charge is 2.28. The molecule has 1 aromatic rings. The first kappa shape index (κ1) is 16.8. The number of anilines is 1. The first-order valence-electron chi connectivity index (χ1n) is 6.91. The molecule has 0 aliphatic rings. The molecule has 0 radical (unpaired) electrons. The average molecular weight is 288 g/mol. The maximum absolute atomic E-state index is 12.4. The Morgan fingerprint density at radius 1 is 1.25 bits per heavy atom. The summed E-state index contributed by atoms with van der Waals surface area (Å²) < 4.78 is 37.3. The molecule has 114 valence electrons. The van der Waals surface area contributed by atoms with Crippen molar-refractivity contribution in [2.24, 2.45) is 0 Å². The number of nitrogens with zero attached hydrogens (tertiary/aromatic N) is 1. The van der Waals surface area contributed by atoms with E-state index in [9.17, 15) is 13.2 Å². The highest BCUT2D eigenvalue weighted by molar-refractivity contribution is 5.47. The van der Waals surface area contributed by atoms with Crippen molar-refractivity contribution in [3.63, 3.8) is 0 Å². The average Bonchev–Trinajstić information content (AvgIpc) is 2.38. The first-order valence-corrected chi connectivity index (χ1v) is 6.91. The summed E-state index contributed by atoms with van der Waals surface area (Å²) in [6.45, 7) is 2.72. The van der Waals surface area contributed by atoms with Crippen molar-refractivity contribution in [2.45, 2.75) is 38.4 Å². The van der Waals surface area contributed by atoms with Crippen molar-refractivity contribution >= 4 is 5.69 Å². The van der Waals surface area contributed by atoms with Gasteiger partial charge < -0.3 is 10.2 Å². The molecule has 0 spiro atoms. The predicted octanol–water partition coefficient (Wildman–Crippen LogP) is 4.14. The molecule has 1 aromatic carbocycles. The third kappa shape index (κ3) is 5.82. The highest BCUT2D eigenvalue weighted by Crippen LogP contribution is 2.29. The van der Waals surface area contributed by atoms with Crippen LogP contribution in [0.2, 0.25) is 0 Å². The number of halogens is 3. The van der Waals surface area contributed by atoms with E-state index in [0.717, 1.165) is 17.7 Å². The van der Waals surface area contributed by atoms with Crippen LogP contribution >= 0.6 is 0 Å². The molecular formula is C15H23F3N2.